The third-order valence-corrected chi connectivity index (χ3v) is 5.84. The average Bonchev–Trinajstić information content (AvgIpc) is 2.61. The van der Waals surface area contributed by atoms with E-state index in [2.05, 4.69) is 6.92 Å². The molecule has 0 aromatic heterocycles. The van der Waals surface area contributed by atoms with Gasteiger partial charge in [-0.15, -0.1) is 0 Å². The first-order chi connectivity index (χ1) is 13.3. The maximum absolute atomic E-state index is 11.5. The Kier molecular flexibility index (Phi) is 27.2. The molecule has 2 N–H and O–H groups in total. The topological polar surface area (TPSA) is 118 Å². The SMILES string of the molecule is CCCCCCCCCCCCCCCCOC(=O)CC(C(=O)O)S(=O)(=O)O.[Na].[Na]. The summed E-state index contributed by atoms with van der Waals surface area (Å²) in [5, 5.41) is 6.54. The van der Waals surface area contributed by atoms with Crippen molar-refractivity contribution in [3.05, 3.63) is 0 Å². The molecular formula is C20H38Na2O7S. The maximum Gasteiger partial charge on any atom is 0.325 e. The number of carbonyl (C=O) groups excluding carboxylic acids is 1. The van der Waals surface area contributed by atoms with Gasteiger partial charge in [0.05, 0.1) is 13.0 Å². The van der Waals surface area contributed by atoms with Crippen molar-refractivity contribution < 1.29 is 32.4 Å². The normalized spacial score (nSPS) is 11.8. The first kappa shape index (κ1) is 35.4. The molecule has 10 heteroatoms. The molecule has 2 radical (unpaired) electrons. The standard InChI is InChI=1S/C20H38O7S.2Na/c1-2-3-4-5-6-7-8-9-10-11-12-13-14-15-16-27-19(21)17-18(20(22)23)28(24,25)26;;/h18H,2-17H2,1H3,(H,22,23)(H,24,25,26);;. The number of aliphatic carboxylic acids is 1. The molecule has 0 aliphatic carbocycles. The van der Waals surface area contributed by atoms with Gasteiger partial charge in [0.2, 0.25) is 0 Å². The minimum Gasteiger partial charge on any atom is -0.480 e. The van der Waals surface area contributed by atoms with E-state index in [1.54, 1.807) is 0 Å². The molecular weight excluding hydrogens is 430 g/mol. The zero-order chi connectivity index (χ0) is 21.3. The number of ether oxygens (including phenoxy) is 1. The van der Waals surface area contributed by atoms with E-state index in [0.717, 1.165) is 19.3 Å². The number of esters is 1. The van der Waals surface area contributed by atoms with E-state index in [0.29, 0.717) is 6.42 Å². The van der Waals surface area contributed by atoms with E-state index in [1.165, 1.54) is 64.2 Å². The zero-order valence-corrected chi connectivity index (χ0v) is 24.1. The van der Waals surface area contributed by atoms with Gasteiger partial charge in [0, 0.05) is 59.1 Å². The van der Waals surface area contributed by atoms with Gasteiger partial charge in [-0.1, -0.05) is 90.4 Å². The third-order valence-electron chi connectivity index (χ3n) is 4.75. The monoisotopic (exact) mass is 468 g/mol. The Bertz CT molecular complexity index is 527. The molecule has 0 aromatic rings. The van der Waals surface area contributed by atoms with Gasteiger partial charge in [-0.25, -0.2) is 0 Å². The Labute approximate surface area is 226 Å². The molecule has 30 heavy (non-hydrogen) atoms. The fraction of sp³-hybridized carbons (Fsp3) is 0.900. The molecule has 7 nitrogen and oxygen atoms in total. The van der Waals surface area contributed by atoms with E-state index in [-0.39, 0.29) is 65.7 Å². The predicted molar refractivity (Wildman–Crippen MR) is 120 cm³/mol. The number of carbonyl (C=O) groups is 2. The van der Waals surface area contributed by atoms with Gasteiger partial charge in [-0.2, -0.15) is 8.42 Å². The number of carboxylic acid groups (broad SMARTS) is 1. The summed E-state index contributed by atoms with van der Waals surface area (Å²) in [6.07, 6.45) is 16.1. The van der Waals surface area contributed by atoms with Gasteiger partial charge in [0.1, 0.15) is 0 Å². The fourth-order valence-electron chi connectivity index (χ4n) is 3.01. The Morgan fingerprint density at radius 1 is 0.767 bits per heavy atom. The van der Waals surface area contributed by atoms with Crippen LogP contribution >= 0.6 is 0 Å². The molecule has 0 spiro atoms. The third kappa shape index (κ3) is 22.1. The van der Waals surface area contributed by atoms with Crippen molar-refractivity contribution in [1.29, 1.82) is 0 Å². The van der Waals surface area contributed by atoms with Crippen LogP contribution in [0.1, 0.15) is 103 Å². The zero-order valence-electron chi connectivity index (χ0n) is 19.2. The van der Waals surface area contributed by atoms with Crippen LogP contribution in [0.15, 0.2) is 0 Å². The average molecular weight is 469 g/mol. The summed E-state index contributed by atoms with van der Waals surface area (Å²) >= 11 is 0. The largest absolute Gasteiger partial charge is 0.480 e. The molecule has 0 rings (SSSR count). The number of unbranched alkanes of at least 4 members (excludes halogenated alkanes) is 13. The van der Waals surface area contributed by atoms with Crippen LogP contribution in [0, 0.1) is 0 Å². The van der Waals surface area contributed by atoms with Gasteiger partial charge in [-0.3, -0.25) is 14.1 Å². The number of rotatable bonds is 19. The van der Waals surface area contributed by atoms with Crippen LogP contribution in [0.2, 0.25) is 0 Å². The van der Waals surface area contributed by atoms with Crippen LogP contribution in [0.5, 0.6) is 0 Å². The van der Waals surface area contributed by atoms with Crippen molar-refractivity contribution in [2.45, 2.75) is 108 Å². The first-order valence-electron chi connectivity index (χ1n) is 10.6. The van der Waals surface area contributed by atoms with E-state index in [4.69, 9.17) is 14.4 Å². The molecule has 0 fully saturated rings. The molecule has 0 saturated carbocycles. The van der Waals surface area contributed by atoms with Gasteiger partial charge in [0.25, 0.3) is 10.1 Å². The van der Waals surface area contributed by atoms with E-state index >= 15 is 0 Å². The fourth-order valence-corrected chi connectivity index (χ4v) is 3.61. The van der Waals surface area contributed by atoms with Crippen molar-refractivity contribution in [3.63, 3.8) is 0 Å². The van der Waals surface area contributed by atoms with E-state index in [1.807, 2.05) is 0 Å². The second-order valence-corrected chi connectivity index (χ2v) is 8.96. The second kappa shape index (κ2) is 23.0. The van der Waals surface area contributed by atoms with Crippen LogP contribution in [0.4, 0.5) is 0 Å². The Hall–Kier alpha value is 0.850. The smallest absolute Gasteiger partial charge is 0.325 e. The first-order valence-corrected chi connectivity index (χ1v) is 12.1. The van der Waals surface area contributed by atoms with Gasteiger partial charge < -0.3 is 9.84 Å². The predicted octanol–water partition coefficient (Wildman–Crippen LogP) is 3.98. The molecule has 0 heterocycles. The molecule has 0 aliphatic rings. The number of carboxylic acids is 1. The summed E-state index contributed by atoms with van der Waals surface area (Å²) in [5.41, 5.74) is 0. The number of hydrogen-bond acceptors (Lipinski definition) is 5. The van der Waals surface area contributed by atoms with Gasteiger partial charge in [0.15, 0.2) is 5.25 Å². The summed E-state index contributed by atoms with van der Waals surface area (Å²) in [4.78, 5) is 22.2. The van der Waals surface area contributed by atoms with Crippen molar-refractivity contribution >= 4 is 81.2 Å². The van der Waals surface area contributed by atoms with Crippen molar-refractivity contribution in [1.82, 2.24) is 0 Å². The van der Waals surface area contributed by atoms with Crippen LogP contribution < -0.4 is 0 Å². The molecule has 0 saturated heterocycles. The molecule has 0 amide bonds. The maximum atomic E-state index is 11.5. The van der Waals surface area contributed by atoms with Gasteiger partial charge in [-0.05, 0) is 6.42 Å². The minimum absolute atomic E-state index is 0. The Morgan fingerprint density at radius 3 is 1.47 bits per heavy atom. The molecule has 0 aliphatic heterocycles. The summed E-state index contributed by atoms with van der Waals surface area (Å²) in [6, 6.07) is 0. The summed E-state index contributed by atoms with van der Waals surface area (Å²) in [5.74, 6) is -2.70. The molecule has 1 atom stereocenters. The quantitative estimate of drug-likeness (QED) is 0.127. The summed E-state index contributed by atoms with van der Waals surface area (Å²) < 4.78 is 35.4. The van der Waals surface area contributed by atoms with Crippen LogP contribution in [-0.4, -0.2) is 101 Å². The van der Waals surface area contributed by atoms with Crippen LogP contribution in [0.3, 0.4) is 0 Å². The summed E-state index contributed by atoms with van der Waals surface area (Å²) in [6.45, 7) is 2.37. The molecule has 0 bridgehead atoms. The van der Waals surface area contributed by atoms with Gasteiger partial charge >= 0.3 is 11.9 Å². The van der Waals surface area contributed by atoms with Crippen LogP contribution in [-0.2, 0) is 24.4 Å². The molecule has 168 valence electrons. The minimum atomic E-state index is -4.82. The summed E-state index contributed by atoms with van der Waals surface area (Å²) in [7, 11) is -4.82. The number of hydrogen-bond donors (Lipinski definition) is 2. The Balaban J connectivity index is -0.00000364. The molecule has 1 unspecified atom stereocenters. The van der Waals surface area contributed by atoms with E-state index in [9.17, 15) is 18.0 Å². The van der Waals surface area contributed by atoms with Crippen LogP contribution in [0.25, 0.3) is 0 Å². The van der Waals surface area contributed by atoms with E-state index < -0.39 is 33.7 Å². The van der Waals surface area contributed by atoms with Crippen molar-refractivity contribution in [2.24, 2.45) is 0 Å². The Morgan fingerprint density at radius 2 is 1.13 bits per heavy atom. The van der Waals surface area contributed by atoms with Crippen molar-refractivity contribution in [2.75, 3.05) is 6.61 Å². The second-order valence-electron chi connectivity index (χ2n) is 7.36. The molecule has 0 aromatic carbocycles. The van der Waals surface area contributed by atoms with Crippen molar-refractivity contribution in [3.8, 4) is 0 Å².